The van der Waals surface area contributed by atoms with Crippen LogP contribution >= 0.6 is 0 Å². The second-order valence-corrected chi connectivity index (χ2v) is 3.35. The zero-order valence-electron chi connectivity index (χ0n) is 8.80. The zero-order valence-corrected chi connectivity index (χ0v) is 8.80. The molecule has 0 aliphatic carbocycles. The molecule has 0 fully saturated rings. The van der Waals surface area contributed by atoms with Gasteiger partial charge in [-0.2, -0.15) is 0 Å². The van der Waals surface area contributed by atoms with Crippen molar-refractivity contribution < 1.29 is 19.8 Å². The van der Waals surface area contributed by atoms with Crippen LogP contribution in [0.3, 0.4) is 0 Å². The Morgan fingerprint density at radius 2 is 2.20 bits per heavy atom. The smallest absolute Gasteiger partial charge is 0.305 e. The predicted octanol–water partition coefficient (Wildman–Crippen LogP) is -0.635. The van der Waals surface area contributed by atoms with Crippen molar-refractivity contribution in [3.63, 3.8) is 0 Å². The van der Waals surface area contributed by atoms with Gasteiger partial charge in [-0.15, -0.1) is 0 Å². The van der Waals surface area contributed by atoms with Crippen LogP contribution in [0.15, 0.2) is 0 Å². The van der Waals surface area contributed by atoms with Crippen LogP contribution in [0.2, 0.25) is 0 Å². The van der Waals surface area contributed by atoms with Gasteiger partial charge in [-0.25, -0.2) is 0 Å². The number of aliphatic carboxylic acids is 1. The minimum absolute atomic E-state index is 0.0303. The lowest BCUT2D eigenvalue weighted by Crippen LogP contribution is -2.47. The molecule has 15 heavy (non-hydrogen) atoms. The summed E-state index contributed by atoms with van der Waals surface area (Å²) in [6, 6.07) is -0.533. The number of carboxylic acid groups (broad SMARTS) is 1. The van der Waals surface area contributed by atoms with Gasteiger partial charge in [0.25, 0.3) is 0 Å². The second kappa shape index (κ2) is 7.19. The molecule has 88 valence electrons. The standard InChI is InChI=1S/C9H18N2O4/c1-2-3-7(10)9(15)11(6-12)5-4-8(13)14/h6-7,9,15H,2-5,10H2,1H3,(H,13,14)/t7-,9?/m0/s1. The summed E-state index contributed by atoms with van der Waals surface area (Å²) in [5.41, 5.74) is 5.61. The number of carbonyl (C=O) groups is 2. The molecule has 0 aromatic carbocycles. The van der Waals surface area contributed by atoms with E-state index in [1.54, 1.807) is 0 Å². The van der Waals surface area contributed by atoms with Gasteiger partial charge in [-0.1, -0.05) is 13.3 Å². The van der Waals surface area contributed by atoms with Gasteiger partial charge in [0.2, 0.25) is 6.41 Å². The lowest BCUT2D eigenvalue weighted by molar-refractivity contribution is -0.139. The molecule has 0 aliphatic rings. The number of aliphatic hydroxyl groups is 1. The third-order valence-electron chi connectivity index (χ3n) is 2.06. The van der Waals surface area contributed by atoms with Gasteiger partial charge < -0.3 is 20.8 Å². The Kier molecular flexibility index (Phi) is 6.64. The van der Waals surface area contributed by atoms with Gasteiger partial charge in [0.15, 0.2) is 0 Å². The molecular weight excluding hydrogens is 200 g/mol. The van der Waals surface area contributed by atoms with Crippen molar-refractivity contribution in [1.82, 2.24) is 4.90 Å². The first kappa shape index (κ1) is 13.9. The number of hydrogen-bond acceptors (Lipinski definition) is 4. The Hall–Kier alpha value is -1.14. The molecule has 0 saturated heterocycles. The predicted molar refractivity (Wildman–Crippen MR) is 53.9 cm³/mol. The summed E-state index contributed by atoms with van der Waals surface area (Å²) < 4.78 is 0. The highest BCUT2D eigenvalue weighted by molar-refractivity contribution is 5.67. The monoisotopic (exact) mass is 218 g/mol. The first-order chi connectivity index (χ1) is 7.02. The number of rotatable bonds is 8. The van der Waals surface area contributed by atoms with E-state index in [1.165, 1.54) is 0 Å². The van der Waals surface area contributed by atoms with Gasteiger partial charge in [-0.05, 0) is 6.42 Å². The fourth-order valence-corrected chi connectivity index (χ4v) is 1.20. The summed E-state index contributed by atoms with van der Waals surface area (Å²) in [6.45, 7) is 1.88. The highest BCUT2D eigenvalue weighted by Gasteiger charge is 2.20. The third-order valence-corrected chi connectivity index (χ3v) is 2.06. The fourth-order valence-electron chi connectivity index (χ4n) is 1.20. The molecule has 1 amide bonds. The molecule has 0 radical (unpaired) electrons. The van der Waals surface area contributed by atoms with Crippen LogP contribution in [0.25, 0.3) is 0 Å². The van der Waals surface area contributed by atoms with E-state index in [1.807, 2.05) is 6.92 Å². The minimum atomic E-state index is -1.11. The van der Waals surface area contributed by atoms with Crippen molar-refractivity contribution in [3.05, 3.63) is 0 Å². The Balaban J connectivity index is 4.13. The maximum Gasteiger partial charge on any atom is 0.305 e. The van der Waals surface area contributed by atoms with Crippen molar-refractivity contribution in [2.45, 2.75) is 38.5 Å². The summed E-state index contributed by atoms with van der Waals surface area (Å²) in [4.78, 5) is 21.9. The van der Waals surface area contributed by atoms with Crippen LogP contribution in [0.5, 0.6) is 0 Å². The number of hydrogen-bond donors (Lipinski definition) is 3. The third kappa shape index (κ3) is 5.34. The number of carboxylic acids is 1. The van der Waals surface area contributed by atoms with Crippen LogP contribution in [-0.2, 0) is 9.59 Å². The normalized spacial score (nSPS) is 14.3. The van der Waals surface area contributed by atoms with Crippen molar-refractivity contribution in [2.24, 2.45) is 5.73 Å². The van der Waals surface area contributed by atoms with E-state index in [2.05, 4.69) is 0 Å². The molecule has 0 spiro atoms. The summed E-state index contributed by atoms with van der Waals surface area (Å²) in [7, 11) is 0. The molecular formula is C9H18N2O4. The van der Waals surface area contributed by atoms with Crippen molar-refractivity contribution >= 4 is 12.4 Å². The fraction of sp³-hybridized carbons (Fsp3) is 0.778. The lowest BCUT2D eigenvalue weighted by Gasteiger charge is -2.27. The number of aliphatic hydroxyl groups excluding tert-OH is 1. The SMILES string of the molecule is CCC[C@H](N)C(O)N(C=O)CCC(=O)O. The summed E-state index contributed by atoms with van der Waals surface area (Å²) in [5, 5.41) is 18.0. The topological polar surface area (TPSA) is 104 Å². The highest BCUT2D eigenvalue weighted by atomic mass is 16.4. The molecule has 0 aliphatic heterocycles. The van der Waals surface area contributed by atoms with E-state index in [-0.39, 0.29) is 13.0 Å². The van der Waals surface area contributed by atoms with Gasteiger partial charge in [0.05, 0.1) is 6.42 Å². The maximum atomic E-state index is 10.6. The molecule has 0 saturated carbocycles. The highest BCUT2D eigenvalue weighted by Crippen LogP contribution is 2.04. The van der Waals surface area contributed by atoms with Gasteiger partial charge in [0.1, 0.15) is 6.23 Å². The molecule has 0 aromatic heterocycles. The summed E-state index contributed by atoms with van der Waals surface area (Å²) >= 11 is 0. The Bertz CT molecular complexity index is 210. The Labute approximate surface area is 88.7 Å². The van der Waals surface area contributed by atoms with Crippen molar-refractivity contribution in [2.75, 3.05) is 6.54 Å². The Morgan fingerprint density at radius 1 is 1.60 bits per heavy atom. The molecule has 0 aromatic rings. The summed E-state index contributed by atoms with van der Waals surface area (Å²) in [6.07, 6.45) is 0.488. The van der Waals surface area contributed by atoms with Crippen LogP contribution < -0.4 is 5.73 Å². The minimum Gasteiger partial charge on any atom is -0.481 e. The molecule has 4 N–H and O–H groups in total. The van der Waals surface area contributed by atoms with Gasteiger partial charge in [0, 0.05) is 12.6 Å². The van der Waals surface area contributed by atoms with Crippen LogP contribution in [0.1, 0.15) is 26.2 Å². The number of carbonyl (C=O) groups excluding carboxylic acids is 1. The molecule has 0 rings (SSSR count). The van der Waals surface area contributed by atoms with Crippen LogP contribution in [-0.4, -0.2) is 46.3 Å². The van der Waals surface area contributed by atoms with E-state index >= 15 is 0 Å². The van der Waals surface area contributed by atoms with Crippen LogP contribution in [0, 0.1) is 0 Å². The summed E-state index contributed by atoms with van der Waals surface area (Å²) in [5.74, 6) is -1.02. The van der Waals surface area contributed by atoms with E-state index in [9.17, 15) is 14.7 Å². The van der Waals surface area contributed by atoms with Gasteiger partial charge >= 0.3 is 5.97 Å². The first-order valence-electron chi connectivity index (χ1n) is 4.89. The van der Waals surface area contributed by atoms with E-state index in [0.29, 0.717) is 12.8 Å². The molecule has 6 nitrogen and oxygen atoms in total. The molecule has 1 unspecified atom stereocenters. The molecule has 0 bridgehead atoms. The first-order valence-corrected chi connectivity index (χ1v) is 4.89. The number of nitrogens with zero attached hydrogens (tertiary/aromatic N) is 1. The maximum absolute atomic E-state index is 10.6. The van der Waals surface area contributed by atoms with Gasteiger partial charge in [-0.3, -0.25) is 9.59 Å². The average Bonchev–Trinajstić information content (AvgIpc) is 2.18. The average molecular weight is 218 g/mol. The largest absolute Gasteiger partial charge is 0.481 e. The molecule has 0 heterocycles. The van der Waals surface area contributed by atoms with Crippen molar-refractivity contribution in [1.29, 1.82) is 0 Å². The van der Waals surface area contributed by atoms with E-state index in [0.717, 1.165) is 11.3 Å². The Morgan fingerprint density at radius 3 is 2.60 bits per heavy atom. The quantitative estimate of drug-likeness (QED) is 0.371. The van der Waals surface area contributed by atoms with Crippen molar-refractivity contribution in [3.8, 4) is 0 Å². The second-order valence-electron chi connectivity index (χ2n) is 3.35. The number of amides is 1. The van der Waals surface area contributed by atoms with E-state index in [4.69, 9.17) is 10.8 Å². The zero-order chi connectivity index (χ0) is 11.8. The van der Waals surface area contributed by atoms with E-state index < -0.39 is 18.2 Å². The van der Waals surface area contributed by atoms with Crippen LogP contribution in [0.4, 0.5) is 0 Å². The molecule has 2 atom stereocenters. The molecule has 6 heteroatoms. The lowest BCUT2D eigenvalue weighted by atomic mass is 10.1. The number of nitrogens with two attached hydrogens (primary N) is 1.